The molecule has 5 nitrogen and oxygen atoms in total. The Morgan fingerprint density at radius 3 is 2.63 bits per heavy atom. The largest absolute Gasteiger partial charge is 0.497 e. The van der Waals surface area contributed by atoms with Crippen LogP contribution in [0.15, 0.2) is 23.8 Å². The summed E-state index contributed by atoms with van der Waals surface area (Å²) in [5, 5.41) is 0. The number of fused-ring (bicyclic) bond motifs is 1. The number of esters is 1. The van der Waals surface area contributed by atoms with Gasteiger partial charge in [-0.05, 0) is 38.4 Å². The summed E-state index contributed by atoms with van der Waals surface area (Å²) in [4.78, 5) is 13.6. The van der Waals surface area contributed by atoms with Crippen LogP contribution in [-0.4, -0.2) is 45.4 Å². The maximum atomic E-state index is 11.8. The second-order valence-electron chi connectivity index (χ2n) is 4.43. The van der Waals surface area contributed by atoms with E-state index in [4.69, 9.17) is 14.2 Å². The molecule has 0 spiro atoms. The fraction of sp³-hybridized carbons (Fsp3) is 0.357. The highest BCUT2D eigenvalue weighted by atomic mass is 16.5. The molecule has 1 aromatic carbocycles. The Hall–Kier alpha value is -2.01. The van der Waals surface area contributed by atoms with Crippen LogP contribution in [0.1, 0.15) is 5.56 Å². The minimum absolute atomic E-state index is 0.396. The topological polar surface area (TPSA) is 48.0 Å². The monoisotopic (exact) mass is 263 g/mol. The summed E-state index contributed by atoms with van der Waals surface area (Å²) < 4.78 is 15.8. The highest BCUT2D eigenvalue weighted by molar-refractivity contribution is 5.96. The number of nitrogens with zero attached hydrogens (tertiary/aromatic N) is 1. The molecule has 0 fully saturated rings. The number of hydrogen-bond donors (Lipinski definition) is 0. The molecule has 1 aliphatic heterocycles. The predicted octanol–water partition coefficient (Wildman–Crippen LogP) is 1.53. The molecule has 1 heterocycles. The number of ether oxygens (including phenoxy) is 3. The van der Waals surface area contributed by atoms with Crippen molar-refractivity contribution in [2.45, 2.75) is 6.23 Å². The summed E-state index contributed by atoms with van der Waals surface area (Å²) >= 11 is 0. The van der Waals surface area contributed by atoms with Crippen molar-refractivity contribution in [3.63, 3.8) is 0 Å². The van der Waals surface area contributed by atoms with Gasteiger partial charge in [0.2, 0.25) is 0 Å². The molecule has 19 heavy (non-hydrogen) atoms. The van der Waals surface area contributed by atoms with Gasteiger partial charge in [0.15, 0.2) is 6.23 Å². The minimum Gasteiger partial charge on any atom is -0.497 e. The third kappa shape index (κ3) is 2.56. The van der Waals surface area contributed by atoms with E-state index in [0.717, 1.165) is 5.56 Å². The number of carbonyl (C=O) groups is 1. The lowest BCUT2D eigenvalue weighted by molar-refractivity contribution is -0.138. The first-order valence-electron chi connectivity index (χ1n) is 5.88. The fourth-order valence-corrected chi connectivity index (χ4v) is 1.96. The van der Waals surface area contributed by atoms with Crippen LogP contribution >= 0.6 is 0 Å². The van der Waals surface area contributed by atoms with E-state index >= 15 is 0 Å². The summed E-state index contributed by atoms with van der Waals surface area (Å²) in [6.07, 6.45) is 1.33. The normalized spacial score (nSPS) is 17.3. The van der Waals surface area contributed by atoms with E-state index in [1.165, 1.54) is 7.11 Å². The van der Waals surface area contributed by atoms with Gasteiger partial charge in [-0.25, -0.2) is 4.79 Å². The Morgan fingerprint density at radius 1 is 1.32 bits per heavy atom. The molecular weight excluding hydrogens is 246 g/mol. The molecule has 102 valence electrons. The molecule has 0 N–H and O–H groups in total. The minimum atomic E-state index is -0.451. The van der Waals surface area contributed by atoms with Gasteiger partial charge >= 0.3 is 5.97 Å². The third-order valence-electron chi connectivity index (χ3n) is 2.92. The summed E-state index contributed by atoms with van der Waals surface area (Å²) in [6, 6.07) is 5.47. The molecule has 2 rings (SSSR count). The average Bonchev–Trinajstić information content (AvgIpc) is 2.44. The van der Waals surface area contributed by atoms with Gasteiger partial charge in [0.05, 0.1) is 19.8 Å². The van der Waals surface area contributed by atoms with Crippen LogP contribution in [0.25, 0.3) is 6.08 Å². The number of rotatable bonds is 3. The van der Waals surface area contributed by atoms with Crippen molar-refractivity contribution in [1.82, 2.24) is 4.90 Å². The first kappa shape index (κ1) is 13.4. The van der Waals surface area contributed by atoms with Gasteiger partial charge in [-0.3, -0.25) is 4.90 Å². The second-order valence-corrected chi connectivity index (χ2v) is 4.43. The Labute approximate surface area is 112 Å². The Bertz CT molecular complexity index is 522. The van der Waals surface area contributed by atoms with Crippen molar-refractivity contribution in [2.24, 2.45) is 0 Å². The number of hydrogen-bond acceptors (Lipinski definition) is 5. The van der Waals surface area contributed by atoms with Crippen molar-refractivity contribution >= 4 is 12.0 Å². The Morgan fingerprint density at radius 2 is 2.05 bits per heavy atom. The van der Waals surface area contributed by atoms with Gasteiger partial charge in [-0.15, -0.1) is 0 Å². The van der Waals surface area contributed by atoms with E-state index in [1.54, 1.807) is 13.2 Å². The summed E-state index contributed by atoms with van der Waals surface area (Å²) in [6.45, 7) is 0. The quantitative estimate of drug-likeness (QED) is 0.774. The molecule has 0 radical (unpaired) electrons. The molecule has 0 bridgehead atoms. The van der Waals surface area contributed by atoms with E-state index in [9.17, 15) is 4.79 Å². The number of benzene rings is 1. The zero-order valence-corrected chi connectivity index (χ0v) is 11.5. The molecule has 0 aromatic heterocycles. The van der Waals surface area contributed by atoms with Gasteiger partial charge in [0.25, 0.3) is 0 Å². The second kappa shape index (κ2) is 5.32. The molecule has 0 saturated heterocycles. The molecule has 1 atom stereocenters. The van der Waals surface area contributed by atoms with E-state index in [0.29, 0.717) is 17.1 Å². The van der Waals surface area contributed by atoms with Crippen LogP contribution in [0, 0.1) is 0 Å². The molecule has 1 unspecified atom stereocenters. The van der Waals surface area contributed by atoms with Crippen LogP contribution in [0.2, 0.25) is 0 Å². The average molecular weight is 263 g/mol. The first-order chi connectivity index (χ1) is 9.06. The van der Waals surface area contributed by atoms with Crippen molar-refractivity contribution in [1.29, 1.82) is 0 Å². The van der Waals surface area contributed by atoms with Gasteiger partial charge in [0, 0.05) is 5.56 Å². The van der Waals surface area contributed by atoms with Crippen molar-refractivity contribution in [3.8, 4) is 11.5 Å². The standard InChI is InChI=1S/C14H17NO4/c1-15(2)13-11(14(16)18-4)8-9-7-10(17-3)5-6-12(9)19-13/h5-8,13H,1-4H3. The zero-order valence-electron chi connectivity index (χ0n) is 11.5. The van der Waals surface area contributed by atoms with Gasteiger partial charge in [-0.2, -0.15) is 0 Å². The molecular formula is C14H17NO4. The summed E-state index contributed by atoms with van der Waals surface area (Å²) in [7, 11) is 6.64. The van der Waals surface area contributed by atoms with E-state index < -0.39 is 12.2 Å². The lowest BCUT2D eigenvalue weighted by Gasteiger charge is -2.30. The molecule has 0 aliphatic carbocycles. The highest BCUT2D eigenvalue weighted by Gasteiger charge is 2.30. The SMILES string of the molecule is COC(=O)C1=Cc2cc(OC)ccc2OC1N(C)C. The maximum Gasteiger partial charge on any atom is 0.338 e. The molecule has 5 heteroatoms. The van der Waals surface area contributed by atoms with Crippen molar-refractivity contribution in [2.75, 3.05) is 28.3 Å². The Balaban J connectivity index is 2.47. The molecule has 0 saturated carbocycles. The van der Waals surface area contributed by atoms with Crippen LogP contribution in [0.5, 0.6) is 11.5 Å². The summed E-state index contributed by atoms with van der Waals surface area (Å²) in [5.74, 6) is 1.03. The predicted molar refractivity (Wildman–Crippen MR) is 71.1 cm³/mol. The lowest BCUT2D eigenvalue weighted by Crippen LogP contribution is -2.39. The van der Waals surface area contributed by atoms with E-state index in [1.807, 2.05) is 37.2 Å². The number of likely N-dealkylation sites (N-methyl/N-ethyl adjacent to an activating group) is 1. The zero-order chi connectivity index (χ0) is 14.0. The number of methoxy groups -OCH3 is 2. The van der Waals surface area contributed by atoms with Crippen LogP contribution in [0.4, 0.5) is 0 Å². The smallest absolute Gasteiger partial charge is 0.338 e. The van der Waals surface area contributed by atoms with E-state index in [-0.39, 0.29) is 0 Å². The van der Waals surface area contributed by atoms with Crippen LogP contribution < -0.4 is 9.47 Å². The highest BCUT2D eigenvalue weighted by Crippen LogP contribution is 2.33. The number of carbonyl (C=O) groups excluding carboxylic acids is 1. The van der Waals surface area contributed by atoms with Gasteiger partial charge in [0.1, 0.15) is 11.5 Å². The van der Waals surface area contributed by atoms with Crippen molar-refractivity contribution < 1.29 is 19.0 Å². The van der Waals surface area contributed by atoms with E-state index in [2.05, 4.69) is 0 Å². The lowest BCUT2D eigenvalue weighted by atomic mass is 10.0. The first-order valence-corrected chi connectivity index (χ1v) is 5.88. The third-order valence-corrected chi connectivity index (χ3v) is 2.92. The van der Waals surface area contributed by atoms with Gasteiger partial charge in [-0.1, -0.05) is 0 Å². The molecule has 0 amide bonds. The maximum absolute atomic E-state index is 11.8. The van der Waals surface area contributed by atoms with Crippen LogP contribution in [-0.2, 0) is 9.53 Å². The Kier molecular flexibility index (Phi) is 3.76. The van der Waals surface area contributed by atoms with Crippen LogP contribution in [0.3, 0.4) is 0 Å². The fourth-order valence-electron chi connectivity index (χ4n) is 1.96. The summed E-state index contributed by atoms with van der Waals surface area (Å²) in [5.41, 5.74) is 1.27. The molecule has 1 aromatic rings. The van der Waals surface area contributed by atoms with Crippen molar-refractivity contribution in [3.05, 3.63) is 29.3 Å². The van der Waals surface area contributed by atoms with Gasteiger partial charge < -0.3 is 14.2 Å². The molecule has 1 aliphatic rings.